The van der Waals surface area contributed by atoms with Crippen LogP contribution in [0.15, 0.2) is 35.0 Å². The van der Waals surface area contributed by atoms with Crippen molar-refractivity contribution in [2.75, 3.05) is 18.4 Å². The Kier molecular flexibility index (Phi) is 4.49. The SMILES string of the molecule is NC/C=C/CNc1ccc(Br)cn1. The smallest absolute Gasteiger partial charge is 0.126 e. The first kappa shape index (κ1) is 10.2. The first-order valence-corrected chi connectivity index (χ1v) is 4.82. The number of nitrogens with two attached hydrogens (primary N) is 1. The van der Waals surface area contributed by atoms with Gasteiger partial charge in [-0.15, -0.1) is 0 Å². The Balaban J connectivity index is 2.37. The molecule has 0 spiro atoms. The van der Waals surface area contributed by atoms with Gasteiger partial charge in [0.2, 0.25) is 0 Å². The van der Waals surface area contributed by atoms with Gasteiger partial charge in [0.15, 0.2) is 0 Å². The lowest BCUT2D eigenvalue weighted by Gasteiger charge is -2.00. The number of nitrogens with zero attached hydrogens (tertiary/aromatic N) is 1. The fourth-order valence-corrected chi connectivity index (χ4v) is 1.06. The highest BCUT2D eigenvalue weighted by Gasteiger charge is 1.89. The minimum absolute atomic E-state index is 0.579. The highest BCUT2D eigenvalue weighted by Crippen LogP contribution is 2.09. The number of anilines is 1. The molecule has 0 bridgehead atoms. The van der Waals surface area contributed by atoms with Gasteiger partial charge < -0.3 is 11.1 Å². The minimum Gasteiger partial charge on any atom is -0.367 e. The van der Waals surface area contributed by atoms with Gasteiger partial charge in [-0.25, -0.2) is 4.98 Å². The highest BCUT2D eigenvalue weighted by atomic mass is 79.9. The predicted molar refractivity (Wildman–Crippen MR) is 58.6 cm³/mol. The van der Waals surface area contributed by atoms with Crippen molar-refractivity contribution in [2.45, 2.75) is 0 Å². The quantitative estimate of drug-likeness (QED) is 0.791. The Morgan fingerprint density at radius 3 is 2.92 bits per heavy atom. The Morgan fingerprint density at radius 1 is 1.46 bits per heavy atom. The third-order valence-corrected chi connectivity index (χ3v) is 1.90. The standard InChI is InChI=1S/C9H12BrN3/c10-8-3-4-9(13-7-8)12-6-2-1-5-11/h1-4,7H,5-6,11H2,(H,12,13)/b2-1+. The largest absolute Gasteiger partial charge is 0.367 e. The van der Waals surface area contributed by atoms with Gasteiger partial charge in [-0.1, -0.05) is 12.2 Å². The van der Waals surface area contributed by atoms with E-state index in [-0.39, 0.29) is 0 Å². The van der Waals surface area contributed by atoms with Crippen molar-refractivity contribution < 1.29 is 0 Å². The summed E-state index contributed by atoms with van der Waals surface area (Å²) in [7, 11) is 0. The molecule has 3 N–H and O–H groups in total. The summed E-state index contributed by atoms with van der Waals surface area (Å²) in [5.74, 6) is 0.866. The molecule has 0 unspecified atom stereocenters. The van der Waals surface area contributed by atoms with Gasteiger partial charge in [0.05, 0.1) is 0 Å². The van der Waals surface area contributed by atoms with E-state index in [4.69, 9.17) is 5.73 Å². The molecule has 0 aromatic carbocycles. The van der Waals surface area contributed by atoms with E-state index >= 15 is 0 Å². The van der Waals surface area contributed by atoms with E-state index in [1.165, 1.54) is 0 Å². The summed E-state index contributed by atoms with van der Waals surface area (Å²) in [6.45, 7) is 1.33. The van der Waals surface area contributed by atoms with Crippen LogP contribution in [0.2, 0.25) is 0 Å². The lowest BCUT2D eigenvalue weighted by atomic mass is 10.4. The number of pyridine rings is 1. The predicted octanol–water partition coefficient (Wildman–Crippen LogP) is 1.77. The minimum atomic E-state index is 0.579. The molecule has 0 aliphatic heterocycles. The van der Waals surface area contributed by atoms with Crippen LogP contribution in [0.25, 0.3) is 0 Å². The van der Waals surface area contributed by atoms with Crippen molar-refractivity contribution in [1.82, 2.24) is 4.98 Å². The van der Waals surface area contributed by atoms with Gasteiger partial charge in [0.1, 0.15) is 5.82 Å². The maximum atomic E-state index is 5.29. The Labute approximate surface area is 86.2 Å². The summed E-state index contributed by atoms with van der Waals surface area (Å²) < 4.78 is 0.982. The molecule has 1 aromatic rings. The van der Waals surface area contributed by atoms with Gasteiger partial charge in [-0.2, -0.15) is 0 Å². The van der Waals surface area contributed by atoms with E-state index < -0.39 is 0 Å². The second-order valence-corrected chi connectivity index (χ2v) is 3.37. The third-order valence-electron chi connectivity index (χ3n) is 1.43. The van der Waals surface area contributed by atoms with Crippen LogP contribution in [0.3, 0.4) is 0 Å². The fourth-order valence-electron chi connectivity index (χ4n) is 0.823. The summed E-state index contributed by atoms with van der Waals surface area (Å²) >= 11 is 3.32. The molecular weight excluding hydrogens is 230 g/mol. The molecule has 1 heterocycles. The van der Waals surface area contributed by atoms with Crippen LogP contribution in [0.4, 0.5) is 5.82 Å². The second-order valence-electron chi connectivity index (χ2n) is 2.45. The summed E-state index contributed by atoms with van der Waals surface area (Å²) in [5, 5.41) is 3.13. The van der Waals surface area contributed by atoms with Gasteiger partial charge in [-0.3, -0.25) is 0 Å². The van der Waals surface area contributed by atoms with Crippen molar-refractivity contribution in [2.24, 2.45) is 5.73 Å². The molecule has 0 saturated carbocycles. The molecule has 0 aliphatic carbocycles. The number of aromatic nitrogens is 1. The number of hydrogen-bond donors (Lipinski definition) is 2. The zero-order valence-electron chi connectivity index (χ0n) is 7.20. The van der Waals surface area contributed by atoms with Crippen LogP contribution in [0.1, 0.15) is 0 Å². The zero-order chi connectivity index (χ0) is 9.52. The number of hydrogen-bond acceptors (Lipinski definition) is 3. The molecule has 0 amide bonds. The van der Waals surface area contributed by atoms with E-state index in [2.05, 4.69) is 26.2 Å². The number of halogens is 1. The van der Waals surface area contributed by atoms with Crippen molar-refractivity contribution in [1.29, 1.82) is 0 Å². The highest BCUT2D eigenvalue weighted by molar-refractivity contribution is 9.10. The van der Waals surface area contributed by atoms with Crippen molar-refractivity contribution in [3.63, 3.8) is 0 Å². The molecule has 70 valence electrons. The lowest BCUT2D eigenvalue weighted by Crippen LogP contribution is -2.01. The fraction of sp³-hybridized carbons (Fsp3) is 0.222. The molecule has 3 nitrogen and oxygen atoms in total. The first-order chi connectivity index (χ1) is 6.33. The van der Waals surface area contributed by atoms with Gasteiger partial charge in [0.25, 0.3) is 0 Å². The van der Waals surface area contributed by atoms with Crippen LogP contribution in [0, 0.1) is 0 Å². The Morgan fingerprint density at radius 2 is 2.31 bits per heavy atom. The summed E-state index contributed by atoms with van der Waals surface area (Å²) in [5.41, 5.74) is 5.29. The monoisotopic (exact) mass is 241 g/mol. The van der Waals surface area contributed by atoms with E-state index in [9.17, 15) is 0 Å². The summed E-state index contributed by atoms with van der Waals surface area (Å²) in [6.07, 6.45) is 5.64. The average molecular weight is 242 g/mol. The third kappa shape index (κ3) is 4.05. The first-order valence-electron chi connectivity index (χ1n) is 4.03. The summed E-state index contributed by atoms with van der Waals surface area (Å²) in [6, 6.07) is 3.86. The average Bonchev–Trinajstić information content (AvgIpc) is 2.15. The molecule has 0 atom stereocenters. The van der Waals surface area contributed by atoms with E-state index in [0.717, 1.165) is 16.8 Å². The van der Waals surface area contributed by atoms with Crippen LogP contribution < -0.4 is 11.1 Å². The van der Waals surface area contributed by atoms with Crippen LogP contribution >= 0.6 is 15.9 Å². The number of nitrogens with one attached hydrogen (secondary N) is 1. The molecule has 0 fully saturated rings. The van der Waals surface area contributed by atoms with Crippen molar-refractivity contribution in [3.05, 3.63) is 35.0 Å². The van der Waals surface area contributed by atoms with E-state index in [1.807, 2.05) is 24.3 Å². The molecular formula is C9H12BrN3. The maximum absolute atomic E-state index is 5.29. The normalized spacial score (nSPS) is 10.6. The number of rotatable bonds is 4. The van der Waals surface area contributed by atoms with E-state index in [0.29, 0.717) is 6.54 Å². The molecule has 0 saturated heterocycles. The molecule has 4 heteroatoms. The molecule has 13 heavy (non-hydrogen) atoms. The van der Waals surface area contributed by atoms with E-state index in [1.54, 1.807) is 6.20 Å². The second kappa shape index (κ2) is 5.72. The maximum Gasteiger partial charge on any atom is 0.126 e. The van der Waals surface area contributed by atoms with Crippen molar-refractivity contribution >= 4 is 21.7 Å². The van der Waals surface area contributed by atoms with Gasteiger partial charge in [0, 0.05) is 23.8 Å². The van der Waals surface area contributed by atoms with Crippen LogP contribution in [0.5, 0.6) is 0 Å². The zero-order valence-corrected chi connectivity index (χ0v) is 8.79. The summed E-state index contributed by atoms with van der Waals surface area (Å²) in [4.78, 5) is 4.15. The molecule has 0 aliphatic rings. The van der Waals surface area contributed by atoms with Gasteiger partial charge in [-0.05, 0) is 28.1 Å². The molecule has 0 radical (unpaired) electrons. The van der Waals surface area contributed by atoms with Gasteiger partial charge >= 0.3 is 0 Å². The van der Waals surface area contributed by atoms with Crippen molar-refractivity contribution in [3.8, 4) is 0 Å². The topological polar surface area (TPSA) is 50.9 Å². The van der Waals surface area contributed by atoms with Crippen LogP contribution in [-0.4, -0.2) is 18.1 Å². The Hall–Kier alpha value is -0.870. The molecule has 1 aromatic heterocycles. The molecule has 1 rings (SSSR count). The van der Waals surface area contributed by atoms with Crippen LogP contribution in [-0.2, 0) is 0 Å². The Bertz CT molecular complexity index is 269. The lowest BCUT2D eigenvalue weighted by molar-refractivity contribution is 1.19.